The van der Waals surface area contributed by atoms with E-state index in [2.05, 4.69) is 0 Å². The maximum atomic E-state index is 5.67. The van der Waals surface area contributed by atoms with Crippen LogP contribution in [0.5, 0.6) is 0 Å². The Morgan fingerprint density at radius 2 is 1.60 bits per heavy atom. The zero-order chi connectivity index (χ0) is 9.54. The Morgan fingerprint density at radius 1 is 0.867 bits per heavy atom. The molecule has 3 rings (SSSR count). The number of furan rings is 1. The van der Waals surface area contributed by atoms with E-state index in [1.807, 2.05) is 42.5 Å². The van der Waals surface area contributed by atoms with E-state index in [9.17, 15) is 0 Å². The number of fused-ring (bicyclic) bond motifs is 3. The minimum absolute atomic E-state index is 0. The SMILES string of the molecule is [Na+].[S-]c1cccc2oc3ccccc3c12. The van der Waals surface area contributed by atoms with Gasteiger partial charge in [-0.2, -0.15) is 4.90 Å². The van der Waals surface area contributed by atoms with E-state index in [4.69, 9.17) is 17.0 Å². The van der Waals surface area contributed by atoms with Gasteiger partial charge >= 0.3 is 29.6 Å². The van der Waals surface area contributed by atoms with Crippen LogP contribution in [0.2, 0.25) is 0 Å². The van der Waals surface area contributed by atoms with Crippen LogP contribution < -0.4 is 29.6 Å². The number of hydrogen-bond acceptors (Lipinski definition) is 2. The van der Waals surface area contributed by atoms with Gasteiger partial charge in [0, 0.05) is 10.8 Å². The van der Waals surface area contributed by atoms with E-state index < -0.39 is 0 Å². The van der Waals surface area contributed by atoms with Gasteiger partial charge < -0.3 is 17.0 Å². The first-order valence-electron chi connectivity index (χ1n) is 4.43. The molecular weight excluding hydrogens is 215 g/mol. The summed E-state index contributed by atoms with van der Waals surface area (Å²) in [4.78, 5) is 0.854. The second kappa shape index (κ2) is 4.14. The molecule has 15 heavy (non-hydrogen) atoms. The Morgan fingerprint density at radius 3 is 2.47 bits per heavy atom. The Hall–Kier alpha value is -0.540. The van der Waals surface area contributed by atoms with Gasteiger partial charge in [-0.15, -0.1) is 0 Å². The molecule has 0 amide bonds. The molecule has 0 spiro atoms. The molecule has 2 aromatic carbocycles. The van der Waals surface area contributed by atoms with Gasteiger partial charge in [0.1, 0.15) is 11.2 Å². The third-order valence-corrected chi connectivity index (χ3v) is 2.70. The van der Waals surface area contributed by atoms with E-state index in [1.54, 1.807) is 0 Å². The van der Waals surface area contributed by atoms with Crippen LogP contribution in [-0.2, 0) is 12.6 Å². The monoisotopic (exact) mass is 222 g/mol. The van der Waals surface area contributed by atoms with Crippen LogP contribution in [0.3, 0.4) is 0 Å². The summed E-state index contributed by atoms with van der Waals surface area (Å²) >= 11 is 5.27. The molecule has 0 radical (unpaired) electrons. The third-order valence-electron chi connectivity index (χ3n) is 2.36. The number of hydrogen-bond donors (Lipinski definition) is 0. The normalized spacial score (nSPS) is 10.4. The van der Waals surface area contributed by atoms with E-state index in [-0.39, 0.29) is 29.6 Å². The van der Waals surface area contributed by atoms with Crippen LogP contribution >= 0.6 is 0 Å². The van der Waals surface area contributed by atoms with Crippen molar-refractivity contribution < 1.29 is 34.0 Å². The first-order chi connectivity index (χ1) is 6.86. The minimum Gasteiger partial charge on any atom is -0.779 e. The second-order valence-electron chi connectivity index (χ2n) is 3.23. The maximum absolute atomic E-state index is 5.67. The fraction of sp³-hybridized carbons (Fsp3) is 0. The van der Waals surface area contributed by atoms with Crippen molar-refractivity contribution in [1.82, 2.24) is 0 Å². The molecule has 1 heterocycles. The van der Waals surface area contributed by atoms with Crippen molar-refractivity contribution in [3.05, 3.63) is 42.5 Å². The standard InChI is InChI=1S/C12H8OS.Na/c14-11-7-3-6-10-12(11)8-4-1-2-5-9(8)13-10;/h1-7,14H;/q;+1/p-1. The van der Waals surface area contributed by atoms with E-state index in [0.717, 1.165) is 26.8 Å². The summed E-state index contributed by atoms with van der Waals surface area (Å²) in [5.74, 6) is 0. The quantitative estimate of drug-likeness (QED) is 0.406. The summed E-state index contributed by atoms with van der Waals surface area (Å²) in [5, 5.41) is 2.16. The van der Waals surface area contributed by atoms with E-state index in [1.165, 1.54) is 0 Å². The number of para-hydroxylation sites is 1. The molecule has 0 atom stereocenters. The summed E-state index contributed by atoms with van der Waals surface area (Å²) in [6.45, 7) is 0. The van der Waals surface area contributed by atoms with Crippen molar-refractivity contribution in [3.63, 3.8) is 0 Å². The predicted molar refractivity (Wildman–Crippen MR) is 59.4 cm³/mol. The van der Waals surface area contributed by atoms with Gasteiger partial charge in [0.25, 0.3) is 0 Å². The summed E-state index contributed by atoms with van der Waals surface area (Å²) in [7, 11) is 0. The molecule has 0 saturated heterocycles. The average molecular weight is 222 g/mol. The fourth-order valence-corrected chi connectivity index (χ4v) is 2.03. The van der Waals surface area contributed by atoms with Crippen molar-refractivity contribution in [2.75, 3.05) is 0 Å². The van der Waals surface area contributed by atoms with E-state index >= 15 is 0 Å². The summed E-state index contributed by atoms with van der Waals surface area (Å²) in [5.41, 5.74) is 1.78. The second-order valence-corrected chi connectivity index (χ2v) is 3.67. The Kier molecular flexibility index (Phi) is 3.03. The Labute approximate surface area is 115 Å². The Bertz CT molecular complexity index is 615. The van der Waals surface area contributed by atoms with Crippen LogP contribution in [0, 0.1) is 0 Å². The predicted octanol–water partition coefficient (Wildman–Crippen LogP) is 0.496. The van der Waals surface area contributed by atoms with Crippen molar-refractivity contribution in [1.29, 1.82) is 0 Å². The van der Waals surface area contributed by atoms with Gasteiger partial charge in [0.2, 0.25) is 0 Å². The zero-order valence-electron chi connectivity index (χ0n) is 8.36. The first kappa shape index (κ1) is 11.0. The van der Waals surface area contributed by atoms with Crippen molar-refractivity contribution >= 4 is 34.6 Å². The third kappa shape index (κ3) is 1.68. The topological polar surface area (TPSA) is 13.1 Å². The van der Waals surface area contributed by atoms with Gasteiger partial charge in [-0.1, -0.05) is 30.3 Å². The minimum atomic E-state index is 0. The summed E-state index contributed by atoms with van der Waals surface area (Å²) < 4.78 is 5.67. The molecule has 0 unspecified atom stereocenters. The van der Waals surface area contributed by atoms with Crippen molar-refractivity contribution in [2.24, 2.45) is 0 Å². The molecule has 0 aliphatic carbocycles. The zero-order valence-corrected chi connectivity index (χ0v) is 11.2. The van der Waals surface area contributed by atoms with E-state index in [0.29, 0.717) is 0 Å². The molecule has 1 nitrogen and oxygen atoms in total. The molecule has 0 fully saturated rings. The van der Waals surface area contributed by atoms with Crippen LogP contribution in [0.25, 0.3) is 21.9 Å². The molecule has 0 aliphatic heterocycles. The van der Waals surface area contributed by atoms with Crippen LogP contribution in [0.15, 0.2) is 51.8 Å². The first-order valence-corrected chi connectivity index (χ1v) is 4.84. The summed E-state index contributed by atoms with van der Waals surface area (Å²) in [6.07, 6.45) is 0. The van der Waals surface area contributed by atoms with Gasteiger partial charge in [-0.25, -0.2) is 0 Å². The van der Waals surface area contributed by atoms with Crippen LogP contribution in [0.1, 0.15) is 0 Å². The molecule has 0 saturated carbocycles. The Balaban J connectivity index is 0.000000853. The molecule has 3 heteroatoms. The smallest absolute Gasteiger partial charge is 0.779 e. The van der Waals surface area contributed by atoms with Gasteiger partial charge in [-0.3, -0.25) is 0 Å². The van der Waals surface area contributed by atoms with Crippen molar-refractivity contribution in [3.8, 4) is 0 Å². The largest absolute Gasteiger partial charge is 1.00 e. The molecule has 1 aromatic heterocycles. The molecule has 3 aromatic rings. The molecule has 0 N–H and O–H groups in total. The fourth-order valence-electron chi connectivity index (χ4n) is 1.74. The number of rotatable bonds is 0. The molecular formula is C12H7NaOS. The van der Waals surface area contributed by atoms with Gasteiger partial charge in [-0.05, 0) is 12.1 Å². The van der Waals surface area contributed by atoms with Crippen LogP contribution in [0.4, 0.5) is 0 Å². The molecule has 68 valence electrons. The molecule has 0 aliphatic rings. The van der Waals surface area contributed by atoms with Gasteiger partial charge in [0.15, 0.2) is 0 Å². The molecule has 0 bridgehead atoms. The maximum Gasteiger partial charge on any atom is 1.00 e. The summed E-state index contributed by atoms with van der Waals surface area (Å²) in [6, 6.07) is 13.8. The van der Waals surface area contributed by atoms with Crippen molar-refractivity contribution in [2.45, 2.75) is 4.90 Å². The number of benzene rings is 2. The van der Waals surface area contributed by atoms with Crippen LogP contribution in [-0.4, -0.2) is 0 Å². The van der Waals surface area contributed by atoms with Gasteiger partial charge in [0.05, 0.1) is 0 Å². The average Bonchev–Trinajstić information content (AvgIpc) is 2.57.